The standard InChI is InChI=1S/C23H39NO7/c1-14-12-17(24(7)8)15(2)21(28-14)29-20(23(6,27-9)10-11-25)16(3)18-13-19(26)31-22(4,5)30-18/h11,13-17,20-21H,10,12H2,1-9H3/t14?,15?,16-,17?,20+,21-,23+/m0/s1. The first kappa shape index (κ1) is 25.8. The highest BCUT2D eigenvalue weighted by atomic mass is 16.7. The van der Waals surface area contributed by atoms with E-state index < -0.39 is 35.7 Å². The average Bonchev–Trinajstić information content (AvgIpc) is 2.66. The van der Waals surface area contributed by atoms with Crippen LogP contribution < -0.4 is 0 Å². The Hall–Kier alpha value is -1.48. The average molecular weight is 442 g/mol. The summed E-state index contributed by atoms with van der Waals surface area (Å²) >= 11 is 0. The highest BCUT2D eigenvalue weighted by Gasteiger charge is 2.47. The van der Waals surface area contributed by atoms with Crippen LogP contribution in [-0.2, 0) is 33.3 Å². The highest BCUT2D eigenvalue weighted by Crippen LogP contribution is 2.38. The molecule has 1 fully saturated rings. The third-order valence-electron chi connectivity index (χ3n) is 6.35. The minimum absolute atomic E-state index is 0.0171. The fraction of sp³-hybridized carbons (Fsp3) is 0.826. The minimum atomic E-state index is -1.09. The molecule has 2 aliphatic rings. The van der Waals surface area contributed by atoms with Crippen molar-refractivity contribution in [1.82, 2.24) is 4.90 Å². The van der Waals surface area contributed by atoms with Crippen molar-refractivity contribution in [3.05, 3.63) is 11.8 Å². The fourth-order valence-electron chi connectivity index (χ4n) is 4.49. The third-order valence-corrected chi connectivity index (χ3v) is 6.35. The van der Waals surface area contributed by atoms with Crippen molar-refractivity contribution in [2.45, 2.75) is 90.3 Å². The van der Waals surface area contributed by atoms with Gasteiger partial charge in [-0.15, -0.1) is 0 Å². The van der Waals surface area contributed by atoms with E-state index in [1.54, 1.807) is 21.0 Å². The zero-order valence-electron chi connectivity index (χ0n) is 20.3. The monoisotopic (exact) mass is 441 g/mol. The molecule has 8 nitrogen and oxygen atoms in total. The van der Waals surface area contributed by atoms with Crippen molar-refractivity contribution < 1.29 is 33.3 Å². The number of methoxy groups -OCH3 is 1. The van der Waals surface area contributed by atoms with Crippen molar-refractivity contribution in [2.24, 2.45) is 11.8 Å². The molecule has 0 bridgehead atoms. The molecule has 1 saturated heterocycles. The summed E-state index contributed by atoms with van der Waals surface area (Å²) in [5, 5.41) is 0. The summed E-state index contributed by atoms with van der Waals surface area (Å²) in [7, 11) is 5.66. The number of carbonyl (C=O) groups excluding carboxylic acids is 2. The molecule has 0 aromatic carbocycles. The van der Waals surface area contributed by atoms with Gasteiger partial charge in [-0.25, -0.2) is 4.79 Å². The summed E-state index contributed by atoms with van der Waals surface area (Å²) in [5.41, 5.74) is -0.950. The van der Waals surface area contributed by atoms with Gasteiger partial charge < -0.3 is 33.4 Å². The lowest BCUT2D eigenvalue weighted by Gasteiger charge is -2.47. The Morgan fingerprint density at radius 2 is 1.97 bits per heavy atom. The van der Waals surface area contributed by atoms with Gasteiger partial charge in [0, 0.05) is 45.3 Å². The lowest BCUT2D eigenvalue weighted by atomic mass is 9.84. The topological polar surface area (TPSA) is 83.5 Å². The Morgan fingerprint density at radius 3 is 2.48 bits per heavy atom. The van der Waals surface area contributed by atoms with Crippen molar-refractivity contribution in [3.63, 3.8) is 0 Å². The maximum absolute atomic E-state index is 12.1. The van der Waals surface area contributed by atoms with Crippen LogP contribution >= 0.6 is 0 Å². The first-order chi connectivity index (χ1) is 14.3. The van der Waals surface area contributed by atoms with E-state index in [2.05, 4.69) is 25.9 Å². The number of aldehydes is 1. The van der Waals surface area contributed by atoms with Gasteiger partial charge in [-0.1, -0.05) is 13.8 Å². The summed E-state index contributed by atoms with van der Waals surface area (Å²) in [6, 6.07) is 0.281. The molecule has 0 N–H and O–H groups in total. The highest BCUT2D eigenvalue weighted by molar-refractivity contribution is 5.83. The fourth-order valence-corrected chi connectivity index (χ4v) is 4.49. The molecule has 0 aromatic heterocycles. The van der Waals surface area contributed by atoms with Crippen LogP contribution in [0.25, 0.3) is 0 Å². The lowest BCUT2D eigenvalue weighted by Crippen LogP contribution is -2.55. The Labute approximate surface area is 186 Å². The van der Waals surface area contributed by atoms with Gasteiger partial charge in [0.15, 0.2) is 6.29 Å². The van der Waals surface area contributed by atoms with E-state index in [1.807, 2.05) is 20.8 Å². The van der Waals surface area contributed by atoms with E-state index in [0.717, 1.165) is 12.7 Å². The van der Waals surface area contributed by atoms with Crippen LogP contribution in [0.3, 0.4) is 0 Å². The Kier molecular flexibility index (Phi) is 8.30. The van der Waals surface area contributed by atoms with E-state index in [9.17, 15) is 9.59 Å². The summed E-state index contributed by atoms with van der Waals surface area (Å²) in [6.45, 7) is 11.2. The largest absolute Gasteiger partial charge is 0.456 e. The van der Waals surface area contributed by atoms with Gasteiger partial charge in [0.1, 0.15) is 12.0 Å². The molecule has 2 heterocycles. The van der Waals surface area contributed by atoms with Gasteiger partial charge in [0.2, 0.25) is 5.79 Å². The normalized spacial score (nSPS) is 32.3. The predicted octanol–water partition coefficient (Wildman–Crippen LogP) is 2.90. The van der Waals surface area contributed by atoms with Crippen LogP contribution in [-0.4, -0.2) is 74.3 Å². The molecule has 0 amide bonds. The molecule has 178 valence electrons. The Balaban J connectivity index is 2.39. The van der Waals surface area contributed by atoms with Crippen molar-refractivity contribution in [3.8, 4) is 0 Å². The molecule has 0 saturated carbocycles. The zero-order valence-corrected chi connectivity index (χ0v) is 20.3. The minimum Gasteiger partial charge on any atom is -0.456 e. The number of rotatable bonds is 9. The number of hydrogen-bond acceptors (Lipinski definition) is 8. The van der Waals surface area contributed by atoms with Crippen molar-refractivity contribution in [2.75, 3.05) is 21.2 Å². The molecule has 31 heavy (non-hydrogen) atoms. The number of esters is 1. The van der Waals surface area contributed by atoms with Crippen LogP contribution in [0, 0.1) is 11.8 Å². The molecule has 8 heteroatoms. The molecule has 0 aliphatic carbocycles. The number of hydrogen-bond donors (Lipinski definition) is 0. The third kappa shape index (κ3) is 6.06. The summed E-state index contributed by atoms with van der Waals surface area (Å²) in [6.07, 6.45) is 2.07. The van der Waals surface area contributed by atoms with Crippen molar-refractivity contribution in [1.29, 1.82) is 0 Å². The summed E-state index contributed by atoms with van der Waals surface area (Å²) in [5.74, 6) is -1.45. The van der Waals surface area contributed by atoms with E-state index >= 15 is 0 Å². The number of cyclic esters (lactones) is 1. The molecular weight excluding hydrogens is 402 g/mol. The van der Waals surface area contributed by atoms with E-state index in [-0.39, 0.29) is 24.5 Å². The second-order valence-electron chi connectivity index (χ2n) is 9.64. The van der Waals surface area contributed by atoms with Gasteiger partial charge in [-0.05, 0) is 34.4 Å². The summed E-state index contributed by atoms with van der Waals surface area (Å²) in [4.78, 5) is 25.8. The molecule has 2 aliphatic heterocycles. The smallest absolute Gasteiger partial charge is 0.337 e. The second-order valence-corrected chi connectivity index (χ2v) is 9.64. The van der Waals surface area contributed by atoms with E-state index in [4.69, 9.17) is 23.7 Å². The Morgan fingerprint density at radius 1 is 1.32 bits per heavy atom. The second kappa shape index (κ2) is 9.98. The molecular formula is C23H39NO7. The summed E-state index contributed by atoms with van der Waals surface area (Å²) < 4.78 is 29.7. The predicted molar refractivity (Wildman–Crippen MR) is 115 cm³/mol. The van der Waals surface area contributed by atoms with Gasteiger partial charge in [-0.2, -0.15) is 0 Å². The maximum atomic E-state index is 12.1. The molecule has 0 spiro atoms. The SMILES string of the molecule is CO[C@](C)(CC=O)[C@H](O[C@@H]1OC(C)CC(N(C)C)C1C)[C@@H](C)C1=CC(=O)OC(C)(C)O1. The molecule has 3 unspecified atom stereocenters. The number of ether oxygens (including phenoxy) is 5. The molecule has 0 radical (unpaired) electrons. The van der Waals surface area contributed by atoms with E-state index in [1.165, 1.54) is 6.08 Å². The van der Waals surface area contributed by atoms with E-state index in [0.29, 0.717) is 5.76 Å². The number of carbonyl (C=O) groups is 2. The Bertz CT molecular complexity index is 677. The van der Waals surface area contributed by atoms with Crippen LogP contribution in [0.4, 0.5) is 0 Å². The maximum Gasteiger partial charge on any atom is 0.337 e. The van der Waals surface area contributed by atoms with Gasteiger partial charge in [0.05, 0.1) is 23.9 Å². The molecule has 0 aromatic rings. The van der Waals surface area contributed by atoms with Crippen LogP contribution in [0.5, 0.6) is 0 Å². The van der Waals surface area contributed by atoms with Gasteiger partial charge >= 0.3 is 5.97 Å². The van der Waals surface area contributed by atoms with Gasteiger partial charge in [-0.3, -0.25) is 0 Å². The molecule has 2 rings (SSSR count). The molecule has 7 atom stereocenters. The zero-order chi connectivity index (χ0) is 23.6. The first-order valence-electron chi connectivity index (χ1n) is 10.9. The van der Waals surface area contributed by atoms with Crippen LogP contribution in [0.1, 0.15) is 54.4 Å². The first-order valence-corrected chi connectivity index (χ1v) is 10.9. The lowest BCUT2D eigenvalue weighted by molar-refractivity contribution is -0.283. The number of nitrogens with zero attached hydrogens (tertiary/aromatic N) is 1. The van der Waals surface area contributed by atoms with Crippen molar-refractivity contribution >= 4 is 12.3 Å². The van der Waals surface area contributed by atoms with Crippen LogP contribution in [0.2, 0.25) is 0 Å². The quantitative estimate of drug-likeness (QED) is 0.399. The van der Waals surface area contributed by atoms with Gasteiger partial charge in [0.25, 0.3) is 0 Å². The van der Waals surface area contributed by atoms with Crippen LogP contribution in [0.15, 0.2) is 11.8 Å².